The molecule has 6 heteroatoms. The molecule has 1 aromatic carbocycles. The van der Waals surface area contributed by atoms with Crippen LogP contribution in [0.2, 0.25) is 0 Å². The molecule has 0 saturated carbocycles. The van der Waals surface area contributed by atoms with E-state index >= 15 is 0 Å². The zero-order valence-corrected chi connectivity index (χ0v) is 18.6. The van der Waals surface area contributed by atoms with Crippen LogP contribution in [0.5, 0.6) is 5.75 Å². The number of benzene rings is 1. The zero-order chi connectivity index (χ0) is 22.7. The molecule has 1 aromatic rings. The fraction of sp³-hybridized carbons (Fsp3) is 0.458. The first-order valence-corrected chi connectivity index (χ1v) is 10.3. The maximum absolute atomic E-state index is 13.8. The molecule has 0 saturated heterocycles. The number of hydrogen-bond acceptors (Lipinski definition) is 4. The Morgan fingerprint density at radius 2 is 1.87 bits per heavy atom. The minimum atomic E-state index is -1.98. The number of likely N-dealkylation sites (N-methyl/N-ethyl adjacent to an activating group) is 1. The quantitative estimate of drug-likeness (QED) is 0.225. The molecule has 166 valence electrons. The van der Waals surface area contributed by atoms with Crippen LogP contribution in [0.3, 0.4) is 0 Å². The first-order valence-electron chi connectivity index (χ1n) is 10.3. The van der Waals surface area contributed by atoms with Gasteiger partial charge < -0.3 is 20.8 Å². The molecule has 0 heterocycles. The van der Waals surface area contributed by atoms with Crippen molar-refractivity contribution < 1.29 is 13.5 Å². The summed E-state index contributed by atoms with van der Waals surface area (Å²) < 4.78 is 32.5. The molecule has 0 bridgehead atoms. The highest BCUT2D eigenvalue weighted by Crippen LogP contribution is 2.20. The van der Waals surface area contributed by atoms with Crippen molar-refractivity contribution in [1.82, 2.24) is 10.6 Å². The van der Waals surface area contributed by atoms with Crippen LogP contribution in [0, 0.1) is 11.3 Å². The third-order valence-electron chi connectivity index (χ3n) is 4.63. The summed E-state index contributed by atoms with van der Waals surface area (Å²) in [6.45, 7) is 11.6. The van der Waals surface area contributed by atoms with Crippen molar-refractivity contribution in [2.75, 3.05) is 7.05 Å². The van der Waals surface area contributed by atoms with Crippen LogP contribution >= 0.6 is 0 Å². The number of alkyl halides is 2. The molecule has 0 amide bonds. The van der Waals surface area contributed by atoms with Gasteiger partial charge >= 0.3 is 0 Å². The van der Waals surface area contributed by atoms with E-state index in [-0.39, 0.29) is 6.04 Å². The molecule has 3 N–H and O–H groups in total. The van der Waals surface area contributed by atoms with Crippen molar-refractivity contribution in [3.05, 3.63) is 65.9 Å². The highest BCUT2D eigenvalue weighted by atomic mass is 19.2. The van der Waals surface area contributed by atoms with E-state index in [1.165, 1.54) is 0 Å². The summed E-state index contributed by atoms with van der Waals surface area (Å²) in [5.41, 5.74) is 2.91. The fourth-order valence-corrected chi connectivity index (χ4v) is 2.67. The molecule has 4 nitrogen and oxygen atoms in total. The van der Waals surface area contributed by atoms with Gasteiger partial charge in [-0.15, -0.1) is 0 Å². The number of allylic oxidation sites excluding steroid dienone is 1. The van der Waals surface area contributed by atoms with Gasteiger partial charge in [-0.3, -0.25) is 0 Å². The Morgan fingerprint density at radius 3 is 2.37 bits per heavy atom. The van der Waals surface area contributed by atoms with E-state index in [1.54, 1.807) is 45.0 Å². The van der Waals surface area contributed by atoms with E-state index in [9.17, 15) is 8.78 Å². The number of hydrogen-bond donors (Lipinski definition) is 3. The van der Waals surface area contributed by atoms with Crippen LogP contribution in [-0.2, 0) is 6.54 Å². The number of rotatable bonds is 13. The van der Waals surface area contributed by atoms with E-state index in [2.05, 4.69) is 36.3 Å². The molecule has 1 rings (SSSR count). The Morgan fingerprint density at radius 1 is 1.23 bits per heavy atom. The summed E-state index contributed by atoms with van der Waals surface area (Å²) in [7, 11) is 1.86. The summed E-state index contributed by atoms with van der Waals surface area (Å²) in [6, 6.07) is 6.80. The van der Waals surface area contributed by atoms with Gasteiger partial charge in [0, 0.05) is 18.5 Å². The SMILES string of the molecule is C=C(C(C)=N)/C(=C/NCc1ccc(OC(F)C(F)C(C)C)cc1)C(/C=C\CC)NC. The molecule has 3 unspecified atom stereocenters. The number of nitrogens with one attached hydrogen (secondary N) is 3. The maximum Gasteiger partial charge on any atom is 0.269 e. The van der Waals surface area contributed by atoms with Crippen LogP contribution in [0.1, 0.15) is 39.7 Å². The zero-order valence-electron chi connectivity index (χ0n) is 18.6. The third kappa shape index (κ3) is 8.11. The molecule has 30 heavy (non-hydrogen) atoms. The second-order valence-corrected chi connectivity index (χ2v) is 7.49. The lowest BCUT2D eigenvalue weighted by atomic mass is 9.97. The molecule has 0 radical (unpaired) electrons. The Kier molecular flexibility index (Phi) is 11.0. The summed E-state index contributed by atoms with van der Waals surface area (Å²) in [5, 5.41) is 14.4. The maximum atomic E-state index is 13.8. The Hall–Kier alpha value is -2.47. The highest BCUT2D eigenvalue weighted by molar-refractivity contribution is 5.99. The average Bonchev–Trinajstić information content (AvgIpc) is 2.72. The lowest BCUT2D eigenvalue weighted by molar-refractivity contribution is -0.0244. The van der Waals surface area contributed by atoms with Gasteiger partial charge in [-0.2, -0.15) is 4.39 Å². The largest absolute Gasteiger partial charge is 0.457 e. The van der Waals surface area contributed by atoms with Crippen LogP contribution < -0.4 is 15.4 Å². The molecule has 0 aromatic heterocycles. The van der Waals surface area contributed by atoms with Gasteiger partial charge in [-0.1, -0.05) is 51.6 Å². The van der Waals surface area contributed by atoms with Crippen molar-refractivity contribution in [3.8, 4) is 5.75 Å². The standard InChI is InChI=1S/C24H35F2N3O/c1-7-8-9-22(28-6)21(17(4)18(5)27)15-29-14-19-10-12-20(13-11-19)30-24(26)23(25)16(2)3/h8-13,15-16,22-24,27-29H,4,7,14H2,1-3,5-6H3/b9-8-,21-15-,27-18?. The minimum Gasteiger partial charge on any atom is -0.457 e. The summed E-state index contributed by atoms with van der Waals surface area (Å²) in [6.07, 6.45) is 3.26. The average molecular weight is 420 g/mol. The van der Waals surface area contributed by atoms with Crippen molar-refractivity contribution >= 4 is 5.71 Å². The van der Waals surface area contributed by atoms with Gasteiger partial charge in [0.25, 0.3) is 6.36 Å². The molecule has 0 aliphatic heterocycles. The van der Waals surface area contributed by atoms with Gasteiger partial charge in [0.15, 0.2) is 6.17 Å². The molecular weight excluding hydrogens is 384 g/mol. The van der Waals surface area contributed by atoms with E-state index in [0.717, 1.165) is 17.6 Å². The predicted molar refractivity (Wildman–Crippen MR) is 121 cm³/mol. The van der Waals surface area contributed by atoms with Gasteiger partial charge in [0.1, 0.15) is 5.75 Å². The second kappa shape index (κ2) is 13.0. The summed E-state index contributed by atoms with van der Waals surface area (Å²) >= 11 is 0. The first kappa shape index (κ1) is 25.6. The molecule has 0 aliphatic rings. The highest BCUT2D eigenvalue weighted by Gasteiger charge is 2.25. The van der Waals surface area contributed by atoms with Gasteiger partial charge in [-0.25, -0.2) is 4.39 Å². The lowest BCUT2D eigenvalue weighted by Gasteiger charge is -2.19. The predicted octanol–water partition coefficient (Wildman–Crippen LogP) is 5.48. The van der Waals surface area contributed by atoms with E-state index in [4.69, 9.17) is 10.1 Å². The Labute approximate surface area is 179 Å². The van der Waals surface area contributed by atoms with Gasteiger partial charge in [0.05, 0.1) is 6.04 Å². The third-order valence-corrected chi connectivity index (χ3v) is 4.63. The van der Waals surface area contributed by atoms with Gasteiger partial charge in [0.2, 0.25) is 0 Å². The summed E-state index contributed by atoms with van der Waals surface area (Å²) in [5.74, 6) is -0.157. The fourth-order valence-electron chi connectivity index (χ4n) is 2.67. The van der Waals surface area contributed by atoms with E-state index < -0.39 is 18.4 Å². The minimum absolute atomic E-state index is 0.0582. The Balaban J connectivity index is 2.81. The Bertz CT molecular complexity index is 741. The molecule has 3 atom stereocenters. The van der Waals surface area contributed by atoms with Crippen molar-refractivity contribution in [1.29, 1.82) is 5.41 Å². The van der Waals surface area contributed by atoms with E-state index in [1.807, 2.05) is 13.2 Å². The smallest absolute Gasteiger partial charge is 0.269 e. The summed E-state index contributed by atoms with van der Waals surface area (Å²) in [4.78, 5) is 0. The molecular formula is C24H35F2N3O. The normalized spacial score (nSPS) is 15.1. The monoisotopic (exact) mass is 419 g/mol. The van der Waals surface area contributed by atoms with E-state index in [0.29, 0.717) is 23.6 Å². The molecule has 0 spiro atoms. The van der Waals surface area contributed by atoms with Crippen LogP contribution in [0.25, 0.3) is 0 Å². The number of ether oxygens (including phenoxy) is 1. The van der Waals surface area contributed by atoms with Crippen LogP contribution in [-0.4, -0.2) is 31.3 Å². The van der Waals surface area contributed by atoms with Crippen LogP contribution in [0.15, 0.2) is 60.3 Å². The van der Waals surface area contributed by atoms with Crippen molar-refractivity contribution in [2.24, 2.45) is 5.92 Å². The van der Waals surface area contributed by atoms with Crippen molar-refractivity contribution in [3.63, 3.8) is 0 Å². The molecule has 0 aliphatic carbocycles. The first-order chi connectivity index (χ1) is 14.2. The lowest BCUT2D eigenvalue weighted by Crippen LogP contribution is -2.28. The number of halogens is 2. The van der Waals surface area contributed by atoms with Crippen LogP contribution in [0.4, 0.5) is 8.78 Å². The molecule has 0 fully saturated rings. The van der Waals surface area contributed by atoms with Crippen molar-refractivity contribution in [2.45, 2.75) is 59.2 Å². The van der Waals surface area contributed by atoms with Gasteiger partial charge in [-0.05, 0) is 55.2 Å². The topological polar surface area (TPSA) is 57.1 Å². The second-order valence-electron chi connectivity index (χ2n) is 7.49.